The lowest BCUT2D eigenvalue weighted by Crippen LogP contribution is -2.30. The van der Waals surface area contributed by atoms with E-state index in [-0.39, 0.29) is 17.8 Å². The standard InChI is InChI=1S/C12H16F2N2O/c13-9-5-10(14)12(16-7-9)15-6-8-3-1-2-4-11(8)17/h5,7-8,11,17H,1-4,6H2,(H,15,16). The van der Waals surface area contributed by atoms with Gasteiger partial charge in [0, 0.05) is 18.5 Å². The molecule has 94 valence electrons. The number of nitrogens with one attached hydrogen (secondary N) is 1. The molecule has 0 bridgehead atoms. The van der Waals surface area contributed by atoms with Crippen molar-refractivity contribution in [2.45, 2.75) is 31.8 Å². The first kappa shape index (κ1) is 12.2. The maximum absolute atomic E-state index is 13.3. The third-order valence-corrected chi connectivity index (χ3v) is 3.21. The van der Waals surface area contributed by atoms with Crippen molar-refractivity contribution in [3.05, 3.63) is 23.9 Å². The van der Waals surface area contributed by atoms with Gasteiger partial charge >= 0.3 is 0 Å². The van der Waals surface area contributed by atoms with Crippen molar-refractivity contribution in [3.63, 3.8) is 0 Å². The maximum atomic E-state index is 13.3. The van der Waals surface area contributed by atoms with Gasteiger partial charge in [-0.3, -0.25) is 0 Å². The first-order valence-corrected chi connectivity index (χ1v) is 5.90. The SMILES string of the molecule is OC1CCCCC1CNc1ncc(F)cc1F. The Morgan fingerprint density at radius 1 is 1.35 bits per heavy atom. The predicted octanol–water partition coefficient (Wildman–Crippen LogP) is 2.32. The molecule has 1 fully saturated rings. The number of aliphatic hydroxyl groups excluding tert-OH is 1. The van der Waals surface area contributed by atoms with Crippen molar-refractivity contribution in [1.29, 1.82) is 0 Å². The minimum absolute atomic E-state index is 0.0455. The van der Waals surface area contributed by atoms with Gasteiger partial charge < -0.3 is 10.4 Å². The van der Waals surface area contributed by atoms with E-state index >= 15 is 0 Å². The summed E-state index contributed by atoms with van der Waals surface area (Å²) in [6.45, 7) is 0.469. The Bertz CT molecular complexity index is 387. The largest absolute Gasteiger partial charge is 0.393 e. The highest BCUT2D eigenvalue weighted by atomic mass is 19.1. The number of anilines is 1. The van der Waals surface area contributed by atoms with Crippen LogP contribution in [0.5, 0.6) is 0 Å². The van der Waals surface area contributed by atoms with Crippen molar-refractivity contribution in [3.8, 4) is 0 Å². The average molecular weight is 242 g/mol. The fourth-order valence-electron chi connectivity index (χ4n) is 2.20. The van der Waals surface area contributed by atoms with Gasteiger partial charge in [-0.25, -0.2) is 13.8 Å². The second kappa shape index (κ2) is 5.40. The van der Waals surface area contributed by atoms with E-state index < -0.39 is 11.6 Å². The highest BCUT2D eigenvalue weighted by Gasteiger charge is 2.23. The molecule has 0 aromatic carbocycles. The molecule has 0 radical (unpaired) electrons. The monoisotopic (exact) mass is 242 g/mol. The minimum Gasteiger partial charge on any atom is -0.393 e. The lowest BCUT2D eigenvalue weighted by Gasteiger charge is -2.27. The first-order valence-electron chi connectivity index (χ1n) is 5.90. The van der Waals surface area contributed by atoms with E-state index in [0.29, 0.717) is 6.54 Å². The van der Waals surface area contributed by atoms with Crippen molar-refractivity contribution in [1.82, 2.24) is 4.98 Å². The fraction of sp³-hybridized carbons (Fsp3) is 0.583. The van der Waals surface area contributed by atoms with Crippen LogP contribution in [0.15, 0.2) is 12.3 Å². The summed E-state index contributed by atoms with van der Waals surface area (Å²) in [6, 6.07) is 0.798. The van der Waals surface area contributed by atoms with Crippen molar-refractivity contribution in [2.75, 3.05) is 11.9 Å². The lowest BCUT2D eigenvalue weighted by molar-refractivity contribution is 0.0762. The number of pyridine rings is 1. The van der Waals surface area contributed by atoms with Gasteiger partial charge in [0.25, 0.3) is 0 Å². The normalized spacial score (nSPS) is 24.6. The molecule has 1 aliphatic rings. The molecule has 1 heterocycles. The molecule has 0 aliphatic heterocycles. The molecule has 0 amide bonds. The van der Waals surface area contributed by atoms with Crippen LogP contribution in [-0.4, -0.2) is 22.7 Å². The van der Waals surface area contributed by atoms with Gasteiger partial charge in [0.2, 0.25) is 0 Å². The molecule has 1 aliphatic carbocycles. The van der Waals surface area contributed by atoms with Crippen LogP contribution in [0.25, 0.3) is 0 Å². The Morgan fingerprint density at radius 2 is 2.12 bits per heavy atom. The number of halogens is 2. The molecule has 1 aromatic rings. The highest BCUT2D eigenvalue weighted by Crippen LogP contribution is 2.24. The van der Waals surface area contributed by atoms with E-state index in [1.165, 1.54) is 0 Å². The molecule has 3 nitrogen and oxygen atoms in total. The van der Waals surface area contributed by atoms with Crippen LogP contribution in [0.3, 0.4) is 0 Å². The van der Waals surface area contributed by atoms with Gasteiger partial charge in [0.15, 0.2) is 11.6 Å². The zero-order valence-corrected chi connectivity index (χ0v) is 9.50. The average Bonchev–Trinajstić information content (AvgIpc) is 2.30. The van der Waals surface area contributed by atoms with Gasteiger partial charge in [0.1, 0.15) is 5.82 Å². The Kier molecular flexibility index (Phi) is 3.89. The number of aliphatic hydroxyl groups is 1. The summed E-state index contributed by atoms with van der Waals surface area (Å²) < 4.78 is 25.9. The Labute approximate surface area is 98.9 Å². The number of aromatic nitrogens is 1. The van der Waals surface area contributed by atoms with Gasteiger partial charge in [-0.1, -0.05) is 12.8 Å². The first-order chi connectivity index (χ1) is 8.16. The summed E-state index contributed by atoms with van der Waals surface area (Å²) >= 11 is 0. The molecule has 1 saturated carbocycles. The quantitative estimate of drug-likeness (QED) is 0.855. The number of hydrogen-bond acceptors (Lipinski definition) is 3. The van der Waals surface area contributed by atoms with Crippen LogP contribution in [0.2, 0.25) is 0 Å². The Hall–Kier alpha value is -1.23. The Balaban J connectivity index is 1.92. The van der Waals surface area contributed by atoms with Crippen molar-refractivity contribution >= 4 is 5.82 Å². The van der Waals surface area contributed by atoms with E-state index in [0.717, 1.165) is 37.9 Å². The number of nitrogens with zero attached hydrogens (tertiary/aromatic N) is 1. The Morgan fingerprint density at radius 3 is 2.82 bits per heavy atom. The van der Waals surface area contributed by atoms with Crippen LogP contribution in [-0.2, 0) is 0 Å². The number of rotatable bonds is 3. The molecule has 2 N–H and O–H groups in total. The summed E-state index contributed by atoms with van der Waals surface area (Å²) in [7, 11) is 0. The van der Waals surface area contributed by atoms with E-state index in [2.05, 4.69) is 10.3 Å². The van der Waals surface area contributed by atoms with Crippen LogP contribution in [0.4, 0.5) is 14.6 Å². The second-order valence-electron chi connectivity index (χ2n) is 4.48. The summed E-state index contributed by atoms with van der Waals surface area (Å²) in [5.41, 5.74) is 0. The maximum Gasteiger partial charge on any atom is 0.168 e. The van der Waals surface area contributed by atoms with Crippen molar-refractivity contribution in [2.24, 2.45) is 5.92 Å². The second-order valence-corrected chi connectivity index (χ2v) is 4.48. The molecule has 2 atom stereocenters. The lowest BCUT2D eigenvalue weighted by atomic mass is 9.86. The molecule has 1 aromatic heterocycles. The molecule has 0 saturated heterocycles. The molecule has 2 rings (SSSR count). The fourth-order valence-corrected chi connectivity index (χ4v) is 2.20. The van der Waals surface area contributed by atoms with Crippen molar-refractivity contribution < 1.29 is 13.9 Å². The molecule has 5 heteroatoms. The third-order valence-electron chi connectivity index (χ3n) is 3.21. The van der Waals surface area contributed by atoms with Crippen LogP contribution in [0.1, 0.15) is 25.7 Å². The predicted molar refractivity (Wildman–Crippen MR) is 60.6 cm³/mol. The third kappa shape index (κ3) is 3.12. The summed E-state index contributed by atoms with van der Waals surface area (Å²) in [6.07, 6.45) is 4.49. The smallest absolute Gasteiger partial charge is 0.168 e. The zero-order chi connectivity index (χ0) is 12.3. The highest BCUT2D eigenvalue weighted by molar-refractivity contribution is 5.35. The summed E-state index contributed by atoms with van der Waals surface area (Å²) in [4.78, 5) is 3.64. The zero-order valence-electron chi connectivity index (χ0n) is 9.50. The van der Waals surface area contributed by atoms with Crippen LogP contribution >= 0.6 is 0 Å². The molecule has 0 spiro atoms. The molecular weight excluding hydrogens is 226 g/mol. The van der Waals surface area contributed by atoms with Crippen LogP contribution < -0.4 is 5.32 Å². The molecule has 17 heavy (non-hydrogen) atoms. The van der Waals surface area contributed by atoms with E-state index in [1.807, 2.05) is 0 Å². The summed E-state index contributed by atoms with van der Waals surface area (Å²) in [5.74, 6) is -1.22. The molecular formula is C12H16F2N2O. The van der Waals surface area contributed by atoms with E-state index in [9.17, 15) is 13.9 Å². The number of hydrogen-bond donors (Lipinski definition) is 2. The van der Waals surface area contributed by atoms with E-state index in [4.69, 9.17) is 0 Å². The van der Waals surface area contributed by atoms with Crippen LogP contribution in [0, 0.1) is 17.6 Å². The van der Waals surface area contributed by atoms with Gasteiger partial charge in [0.05, 0.1) is 12.3 Å². The van der Waals surface area contributed by atoms with E-state index in [1.54, 1.807) is 0 Å². The molecule has 2 unspecified atom stereocenters. The van der Waals surface area contributed by atoms with Gasteiger partial charge in [-0.2, -0.15) is 0 Å². The van der Waals surface area contributed by atoms with Gasteiger partial charge in [-0.05, 0) is 12.8 Å². The summed E-state index contributed by atoms with van der Waals surface area (Å²) in [5, 5.41) is 12.6. The topological polar surface area (TPSA) is 45.1 Å². The minimum atomic E-state index is -0.699. The van der Waals surface area contributed by atoms with Gasteiger partial charge in [-0.15, -0.1) is 0 Å².